The van der Waals surface area contributed by atoms with Crippen LogP contribution in [0.4, 0.5) is 11.6 Å². The van der Waals surface area contributed by atoms with Gasteiger partial charge in [-0.25, -0.2) is 0 Å². The van der Waals surface area contributed by atoms with Crippen LogP contribution in [-0.4, -0.2) is 44.5 Å². The molecule has 0 unspecified atom stereocenters. The molecule has 3 rings (SSSR count). The molecule has 4 N–H and O–H groups in total. The van der Waals surface area contributed by atoms with E-state index in [-0.39, 0.29) is 24.2 Å². The van der Waals surface area contributed by atoms with Gasteiger partial charge in [0.25, 0.3) is 0 Å². The number of nitrogen functional groups attached to an aromatic ring is 1. The van der Waals surface area contributed by atoms with E-state index in [0.717, 1.165) is 30.5 Å². The van der Waals surface area contributed by atoms with Crippen molar-refractivity contribution in [2.24, 2.45) is 0 Å². The maximum Gasteiger partial charge on any atom is 0.250 e. The second-order valence-corrected chi connectivity index (χ2v) is 7.18. The number of H-pyrrole nitrogens is 1. The minimum Gasteiger partial charge on any atom is -0.367 e. The fraction of sp³-hybridized carbons (Fsp3) is 0.474. The van der Waals surface area contributed by atoms with Gasteiger partial charge in [-0.2, -0.15) is 4.98 Å². The van der Waals surface area contributed by atoms with Crippen LogP contribution in [0, 0.1) is 6.92 Å². The number of aryl methyl sites for hydroxylation is 1. The van der Waals surface area contributed by atoms with Crippen LogP contribution >= 0.6 is 0 Å². The van der Waals surface area contributed by atoms with E-state index in [9.17, 15) is 9.59 Å². The van der Waals surface area contributed by atoms with Gasteiger partial charge in [-0.3, -0.25) is 14.7 Å². The number of likely N-dealkylation sites (N-methyl/N-ethyl adjacent to an activating group) is 1. The first-order valence-electron chi connectivity index (χ1n) is 9.22. The molecule has 1 fully saturated rings. The summed E-state index contributed by atoms with van der Waals surface area (Å²) in [4.78, 5) is 31.6. The number of carbonyl (C=O) groups excluding carboxylic acids is 2. The molecule has 0 spiro atoms. The molecule has 0 saturated heterocycles. The van der Waals surface area contributed by atoms with Crippen molar-refractivity contribution in [2.45, 2.75) is 51.0 Å². The van der Waals surface area contributed by atoms with Crippen molar-refractivity contribution >= 4 is 23.5 Å². The number of hydrogen-bond donors (Lipinski definition) is 3. The van der Waals surface area contributed by atoms with Crippen molar-refractivity contribution in [1.29, 1.82) is 0 Å². The van der Waals surface area contributed by atoms with Gasteiger partial charge in [0.1, 0.15) is 11.4 Å². The third kappa shape index (κ3) is 4.10. The molecule has 144 valence electrons. The molecule has 8 heteroatoms. The van der Waals surface area contributed by atoms with Crippen LogP contribution < -0.4 is 11.1 Å². The lowest BCUT2D eigenvalue weighted by Crippen LogP contribution is -2.58. The third-order valence-electron chi connectivity index (χ3n) is 5.30. The minimum absolute atomic E-state index is 0.0280. The number of hydrogen-bond acceptors (Lipinski definition) is 5. The summed E-state index contributed by atoms with van der Waals surface area (Å²) >= 11 is 0. The van der Waals surface area contributed by atoms with Crippen molar-refractivity contribution in [3.05, 3.63) is 35.7 Å². The Bertz CT molecular complexity index is 808. The molecule has 0 atom stereocenters. The van der Waals surface area contributed by atoms with Crippen molar-refractivity contribution < 1.29 is 9.59 Å². The highest BCUT2D eigenvalue weighted by molar-refractivity contribution is 6.00. The Morgan fingerprint density at radius 3 is 2.48 bits per heavy atom. The predicted octanol–water partition coefficient (Wildman–Crippen LogP) is 2.04. The number of carbonyl (C=O) groups is 2. The number of nitrogens with one attached hydrogen (secondary N) is 2. The first-order valence-corrected chi connectivity index (χ1v) is 9.22. The van der Waals surface area contributed by atoms with Gasteiger partial charge >= 0.3 is 0 Å². The Morgan fingerprint density at radius 2 is 1.89 bits per heavy atom. The second kappa shape index (κ2) is 7.77. The molecule has 2 aromatic rings. The first kappa shape index (κ1) is 18.9. The molecule has 0 aliphatic heterocycles. The Kier molecular flexibility index (Phi) is 5.43. The summed E-state index contributed by atoms with van der Waals surface area (Å²) in [6.45, 7) is 2.00. The average molecular weight is 370 g/mol. The lowest BCUT2D eigenvalue weighted by molar-refractivity contribution is -0.145. The van der Waals surface area contributed by atoms with Crippen molar-refractivity contribution in [3.63, 3.8) is 0 Å². The lowest BCUT2D eigenvalue weighted by atomic mass is 9.79. The third-order valence-corrected chi connectivity index (χ3v) is 5.30. The zero-order valence-corrected chi connectivity index (χ0v) is 15.8. The molecule has 27 heavy (non-hydrogen) atoms. The fourth-order valence-electron chi connectivity index (χ4n) is 3.63. The summed E-state index contributed by atoms with van der Waals surface area (Å²) in [6.07, 6.45) is 4.21. The molecule has 1 aromatic heterocycles. The summed E-state index contributed by atoms with van der Waals surface area (Å²) in [7, 11) is 1.70. The fourth-order valence-corrected chi connectivity index (χ4v) is 3.63. The average Bonchev–Trinajstić information content (AvgIpc) is 3.08. The van der Waals surface area contributed by atoms with Gasteiger partial charge in [-0.1, -0.05) is 37.0 Å². The van der Waals surface area contributed by atoms with Gasteiger partial charge in [0.15, 0.2) is 0 Å². The Morgan fingerprint density at radius 1 is 1.22 bits per heavy atom. The van der Waals surface area contributed by atoms with E-state index in [1.54, 1.807) is 11.9 Å². The number of rotatable bonds is 5. The van der Waals surface area contributed by atoms with Crippen molar-refractivity contribution in [2.75, 3.05) is 18.1 Å². The Hall–Kier alpha value is -2.90. The lowest BCUT2D eigenvalue weighted by Gasteiger charge is -2.43. The van der Waals surface area contributed by atoms with Gasteiger partial charge in [-0.05, 0) is 31.9 Å². The number of amides is 2. The molecule has 1 aliphatic rings. The standard InChI is InChI=1S/C19H26N6O2/c1-13-6-8-14(9-7-13)21-17(27)19(10-4-3-5-11-19)25(2)16(26)12-15-22-18(20)24-23-15/h6-9H,3-5,10-12H2,1-2H3,(H,21,27)(H3,20,22,23,24). The summed E-state index contributed by atoms with van der Waals surface area (Å²) < 4.78 is 0. The zero-order valence-electron chi connectivity index (χ0n) is 15.8. The van der Waals surface area contributed by atoms with Crippen LogP contribution in [0.1, 0.15) is 43.5 Å². The number of aromatic amines is 1. The number of nitrogens with zero attached hydrogens (tertiary/aromatic N) is 3. The predicted molar refractivity (Wildman–Crippen MR) is 103 cm³/mol. The monoisotopic (exact) mass is 370 g/mol. The highest BCUT2D eigenvalue weighted by atomic mass is 16.2. The molecule has 2 amide bonds. The number of nitrogens with two attached hydrogens (primary N) is 1. The molecule has 0 bridgehead atoms. The van der Waals surface area contributed by atoms with E-state index in [2.05, 4.69) is 20.5 Å². The second-order valence-electron chi connectivity index (χ2n) is 7.18. The van der Waals surface area contributed by atoms with Crippen molar-refractivity contribution in [1.82, 2.24) is 20.1 Å². The van der Waals surface area contributed by atoms with E-state index in [4.69, 9.17) is 5.73 Å². The van der Waals surface area contributed by atoms with Crippen LogP contribution in [0.5, 0.6) is 0 Å². The molecule has 0 radical (unpaired) electrons. The molecular weight excluding hydrogens is 344 g/mol. The number of benzene rings is 1. The first-order chi connectivity index (χ1) is 12.9. The minimum atomic E-state index is -0.855. The maximum atomic E-state index is 13.2. The maximum absolute atomic E-state index is 13.2. The zero-order chi connectivity index (χ0) is 19.4. The summed E-state index contributed by atoms with van der Waals surface area (Å²) in [5, 5.41) is 9.39. The summed E-state index contributed by atoms with van der Waals surface area (Å²) in [5.41, 5.74) is 6.51. The van der Waals surface area contributed by atoms with E-state index < -0.39 is 5.54 Å². The molecular formula is C19H26N6O2. The number of aromatic nitrogens is 3. The molecule has 1 heterocycles. The van der Waals surface area contributed by atoms with Crippen LogP contribution in [0.3, 0.4) is 0 Å². The summed E-state index contributed by atoms with van der Waals surface area (Å²) in [6, 6.07) is 7.66. The van der Waals surface area contributed by atoms with Crippen LogP contribution in [0.2, 0.25) is 0 Å². The van der Waals surface area contributed by atoms with Gasteiger partial charge in [0.2, 0.25) is 17.8 Å². The van der Waals surface area contributed by atoms with Gasteiger partial charge < -0.3 is 16.0 Å². The Balaban J connectivity index is 1.79. The highest BCUT2D eigenvalue weighted by Crippen LogP contribution is 2.34. The quantitative estimate of drug-likeness (QED) is 0.744. The van der Waals surface area contributed by atoms with E-state index in [0.29, 0.717) is 18.7 Å². The smallest absolute Gasteiger partial charge is 0.250 e. The largest absolute Gasteiger partial charge is 0.367 e. The van der Waals surface area contributed by atoms with E-state index in [1.165, 1.54) is 0 Å². The Labute approximate surface area is 158 Å². The van der Waals surface area contributed by atoms with Crippen LogP contribution in [0.15, 0.2) is 24.3 Å². The highest BCUT2D eigenvalue weighted by Gasteiger charge is 2.45. The molecule has 8 nitrogen and oxygen atoms in total. The van der Waals surface area contributed by atoms with Gasteiger partial charge in [0.05, 0.1) is 6.42 Å². The molecule has 1 aromatic carbocycles. The normalized spacial score (nSPS) is 15.9. The van der Waals surface area contributed by atoms with Gasteiger partial charge in [0, 0.05) is 12.7 Å². The van der Waals surface area contributed by atoms with Crippen molar-refractivity contribution in [3.8, 4) is 0 Å². The van der Waals surface area contributed by atoms with Gasteiger partial charge in [-0.15, -0.1) is 5.10 Å². The van der Waals surface area contributed by atoms with Crippen LogP contribution in [0.25, 0.3) is 0 Å². The van der Waals surface area contributed by atoms with E-state index >= 15 is 0 Å². The summed E-state index contributed by atoms with van der Waals surface area (Å²) in [5.74, 6) is 0.172. The SMILES string of the molecule is Cc1ccc(NC(=O)C2(N(C)C(=O)Cc3nc(N)n[nH]3)CCCCC2)cc1. The van der Waals surface area contributed by atoms with Crippen LogP contribution in [-0.2, 0) is 16.0 Å². The number of anilines is 2. The van der Waals surface area contributed by atoms with E-state index in [1.807, 2.05) is 31.2 Å². The molecule has 1 aliphatic carbocycles. The molecule has 1 saturated carbocycles. The topological polar surface area (TPSA) is 117 Å².